The highest BCUT2D eigenvalue weighted by Gasteiger charge is 2.04. The normalized spacial score (nSPS) is 10.8. The molecule has 1 aromatic rings. The number of nitrogens with one attached hydrogen (secondary N) is 2. The molecular formula is C12H19IN4O2. The number of aliphatic imine (C=N–C) groups is 1. The molecule has 0 spiro atoms. The summed E-state index contributed by atoms with van der Waals surface area (Å²) in [6.07, 6.45) is 0. The first-order chi connectivity index (χ1) is 8.52. The van der Waals surface area contributed by atoms with E-state index in [1.54, 1.807) is 19.2 Å². The molecule has 6 nitrogen and oxygen atoms in total. The molecule has 0 unspecified atom stereocenters. The minimum Gasteiger partial charge on any atom is -0.354 e. The molecule has 19 heavy (non-hydrogen) atoms. The molecule has 0 aliphatic carbocycles. The van der Waals surface area contributed by atoms with Gasteiger partial charge >= 0.3 is 0 Å². The van der Waals surface area contributed by atoms with Crippen molar-refractivity contribution in [3.8, 4) is 0 Å². The van der Waals surface area contributed by atoms with Gasteiger partial charge in [0.1, 0.15) is 0 Å². The monoisotopic (exact) mass is 378 g/mol. The summed E-state index contributed by atoms with van der Waals surface area (Å²) < 4.78 is 0. The van der Waals surface area contributed by atoms with E-state index >= 15 is 0 Å². The highest BCUT2D eigenvalue weighted by atomic mass is 127. The standard InChI is InChI=1S/C12H18N4O2.HI/c1-9(2)15-12(13-3)14-8-10-4-6-11(7-5-10)16(17)18;/h4-7,9H,8H2,1-3H3,(H2,13,14,15);1H. The molecule has 0 heterocycles. The van der Waals surface area contributed by atoms with Gasteiger partial charge in [0.25, 0.3) is 5.69 Å². The van der Waals surface area contributed by atoms with Crippen molar-refractivity contribution in [3.63, 3.8) is 0 Å². The molecule has 0 radical (unpaired) electrons. The van der Waals surface area contributed by atoms with Crippen molar-refractivity contribution in [1.29, 1.82) is 0 Å². The van der Waals surface area contributed by atoms with Crippen LogP contribution in [0.1, 0.15) is 19.4 Å². The van der Waals surface area contributed by atoms with E-state index in [0.717, 1.165) is 5.56 Å². The quantitative estimate of drug-likeness (QED) is 0.277. The lowest BCUT2D eigenvalue weighted by Gasteiger charge is -2.14. The van der Waals surface area contributed by atoms with Crippen LogP contribution in [0.4, 0.5) is 5.69 Å². The van der Waals surface area contributed by atoms with Crippen molar-refractivity contribution in [2.24, 2.45) is 4.99 Å². The molecule has 2 N–H and O–H groups in total. The highest BCUT2D eigenvalue weighted by Crippen LogP contribution is 2.11. The van der Waals surface area contributed by atoms with Crippen molar-refractivity contribution in [2.75, 3.05) is 7.05 Å². The van der Waals surface area contributed by atoms with E-state index in [4.69, 9.17) is 0 Å². The van der Waals surface area contributed by atoms with Gasteiger partial charge in [-0.1, -0.05) is 12.1 Å². The van der Waals surface area contributed by atoms with Crippen LogP contribution >= 0.6 is 24.0 Å². The summed E-state index contributed by atoms with van der Waals surface area (Å²) in [6.45, 7) is 4.63. The zero-order valence-electron chi connectivity index (χ0n) is 11.2. The lowest BCUT2D eigenvalue weighted by molar-refractivity contribution is -0.384. The Labute approximate surface area is 129 Å². The maximum Gasteiger partial charge on any atom is 0.269 e. The highest BCUT2D eigenvalue weighted by molar-refractivity contribution is 14.0. The topological polar surface area (TPSA) is 79.6 Å². The summed E-state index contributed by atoms with van der Waals surface area (Å²) in [5.41, 5.74) is 1.07. The van der Waals surface area contributed by atoms with E-state index in [1.165, 1.54) is 12.1 Å². The fourth-order valence-electron chi connectivity index (χ4n) is 1.39. The van der Waals surface area contributed by atoms with Crippen molar-refractivity contribution >= 4 is 35.6 Å². The number of hydrogen-bond donors (Lipinski definition) is 2. The molecule has 1 aromatic carbocycles. The van der Waals surface area contributed by atoms with Gasteiger partial charge in [-0.2, -0.15) is 0 Å². The second-order valence-electron chi connectivity index (χ2n) is 4.15. The Morgan fingerprint density at radius 1 is 1.37 bits per heavy atom. The van der Waals surface area contributed by atoms with Gasteiger partial charge in [0.2, 0.25) is 0 Å². The first-order valence-corrected chi connectivity index (χ1v) is 5.73. The molecule has 7 heteroatoms. The third-order valence-electron chi connectivity index (χ3n) is 2.26. The van der Waals surface area contributed by atoms with E-state index in [9.17, 15) is 10.1 Å². The SMILES string of the molecule is CN=C(NCc1ccc([N+](=O)[O-])cc1)NC(C)C.I. The summed E-state index contributed by atoms with van der Waals surface area (Å²) in [5, 5.41) is 16.8. The number of halogens is 1. The molecule has 0 aliphatic heterocycles. The van der Waals surface area contributed by atoms with E-state index < -0.39 is 4.92 Å². The smallest absolute Gasteiger partial charge is 0.269 e. The van der Waals surface area contributed by atoms with Crippen LogP contribution in [0.5, 0.6) is 0 Å². The number of nitrogens with zero attached hydrogens (tertiary/aromatic N) is 2. The molecule has 0 saturated carbocycles. The van der Waals surface area contributed by atoms with Crippen molar-refractivity contribution < 1.29 is 4.92 Å². The van der Waals surface area contributed by atoms with Gasteiger partial charge in [-0.05, 0) is 19.4 Å². The third kappa shape index (κ3) is 6.37. The first kappa shape index (κ1) is 17.6. The van der Waals surface area contributed by atoms with Crippen LogP contribution < -0.4 is 10.6 Å². The molecule has 0 aromatic heterocycles. The molecule has 106 valence electrons. The third-order valence-corrected chi connectivity index (χ3v) is 2.26. The number of nitro groups is 1. The van der Waals surface area contributed by atoms with Crippen LogP contribution in [0.25, 0.3) is 0 Å². The summed E-state index contributed by atoms with van der Waals surface area (Å²) in [6, 6.07) is 6.75. The van der Waals surface area contributed by atoms with Crippen LogP contribution in [-0.2, 0) is 6.54 Å². The molecule has 0 fully saturated rings. The minimum atomic E-state index is -0.406. The second kappa shape index (κ2) is 8.68. The van der Waals surface area contributed by atoms with Crippen molar-refractivity contribution in [2.45, 2.75) is 26.4 Å². The summed E-state index contributed by atoms with van der Waals surface area (Å²) in [7, 11) is 1.70. The van der Waals surface area contributed by atoms with Crippen LogP contribution in [0.3, 0.4) is 0 Å². The number of hydrogen-bond acceptors (Lipinski definition) is 3. The minimum absolute atomic E-state index is 0. The molecule has 1 rings (SSSR count). The second-order valence-corrected chi connectivity index (χ2v) is 4.15. The zero-order chi connectivity index (χ0) is 13.5. The predicted octanol–water partition coefficient (Wildman–Crippen LogP) is 2.29. The number of guanidine groups is 1. The molecule has 0 saturated heterocycles. The maximum atomic E-state index is 10.5. The largest absolute Gasteiger partial charge is 0.354 e. The van der Waals surface area contributed by atoms with Gasteiger partial charge in [0.15, 0.2) is 5.96 Å². The molecule has 0 aliphatic rings. The van der Waals surface area contributed by atoms with E-state index in [1.807, 2.05) is 13.8 Å². The van der Waals surface area contributed by atoms with Gasteiger partial charge in [0.05, 0.1) is 4.92 Å². The first-order valence-electron chi connectivity index (χ1n) is 5.73. The Morgan fingerprint density at radius 3 is 2.37 bits per heavy atom. The van der Waals surface area contributed by atoms with Crippen LogP contribution in [0, 0.1) is 10.1 Å². The van der Waals surface area contributed by atoms with E-state index in [-0.39, 0.29) is 29.7 Å². The number of benzene rings is 1. The van der Waals surface area contributed by atoms with Gasteiger partial charge in [-0.15, -0.1) is 24.0 Å². The Kier molecular flexibility index (Phi) is 8.05. The summed E-state index contributed by atoms with van der Waals surface area (Å²) in [5.74, 6) is 0.711. The number of rotatable bonds is 4. The van der Waals surface area contributed by atoms with Gasteiger partial charge in [0, 0.05) is 31.8 Å². The lowest BCUT2D eigenvalue weighted by Crippen LogP contribution is -2.40. The Bertz CT molecular complexity index is 432. The summed E-state index contributed by atoms with van der Waals surface area (Å²) >= 11 is 0. The van der Waals surface area contributed by atoms with Gasteiger partial charge in [-0.3, -0.25) is 15.1 Å². The molecular weight excluding hydrogens is 359 g/mol. The van der Waals surface area contributed by atoms with Crippen molar-refractivity contribution in [1.82, 2.24) is 10.6 Å². The van der Waals surface area contributed by atoms with Crippen LogP contribution in [-0.4, -0.2) is 24.0 Å². The van der Waals surface area contributed by atoms with Gasteiger partial charge in [-0.25, -0.2) is 0 Å². The molecule has 0 amide bonds. The molecule has 0 atom stereocenters. The average molecular weight is 378 g/mol. The number of non-ortho nitro benzene ring substituents is 1. The number of nitro benzene ring substituents is 1. The van der Waals surface area contributed by atoms with Crippen LogP contribution in [0.2, 0.25) is 0 Å². The Balaban J connectivity index is 0.00000324. The summed E-state index contributed by atoms with van der Waals surface area (Å²) in [4.78, 5) is 14.2. The fourth-order valence-corrected chi connectivity index (χ4v) is 1.39. The fraction of sp³-hybridized carbons (Fsp3) is 0.417. The molecule has 0 bridgehead atoms. The van der Waals surface area contributed by atoms with E-state index in [2.05, 4.69) is 15.6 Å². The maximum absolute atomic E-state index is 10.5. The lowest BCUT2D eigenvalue weighted by atomic mass is 10.2. The van der Waals surface area contributed by atoms with E-state index in [0.29, 0.717) is 18.5 Å². The average Bonchev–Trinajstić information content (AvgIpc) is 2.34. The Morgan fingerprint density at radius 2 is 1.95 bits per heavy atom. The Hall–Kier alpha value is -1.38. The van der Waals surface area contributed by atoms with Gasteiger partial charge < -0.3 is 10.6 Å². The van der Waals surface area contributed by atoms with Crippen molar-refractivity contribution in [3.05, 3.63) is 39.9 Å². The predicted molar refractivity (Wildman–Crippen MR) is 87.0 cm³/mol. The zero-order valence-corrected chi connectivity index (χ0v) is 13.5. The van der Waals surface area contributed by atoms with Crippen LogP contribution in [0.15, 0.2) is 29.3 Å².